The average Bonchev–Trinajstić information content (AvgIpc) is 2.01. The molecule has 0 aliphatic heterocycles. The summed E-state index contributed by atoms with van der Waals surface area (Å²) in [5.74, 6) is 0. The number of nitrogens with two attached hydrogens (primary N) is 2. The van der Waals surface area contributed by atoms with Gasteiger partial charge >= 0.3 is 9.53 Å². The lowest BCUT2D eigenvalue weighted by atomic mass is 10.6. The topological polar surface area (TPSA) is 79.7 Å². The Kier molecular flexibility index (Phi) is 7.67. The summed E-state index contributed by atoms with van der Waals surface area (Å²) in [4.78, 5) is 0. The molecule has 0 amide bonds. The fourth-order valence-electron chi connectivity index (χ4n) is 0.525. The van der Waals surface area contributed by atoms with Crippen molar-refractivity contribution in [2.75, 3.05) is 19.8 Å². The van der Waals surface area contributed by atoms with Gasteiger partial charge in [0.25, 0.3) is 0 Å². The number of rotatable bonds is 7. The average molecular weight is 193 g/mol. The quantitative estimate of drug-likeness (QED) is 0.413. The van der Waals surface area contributed by atoms with Crippen LogP contribution in [0.3, 0.4) is 0 Å². The van der Waals surface area contributed by atoms with Crippen molar-refractivity contribution in [3.05, 3.63) is 0 Å². The standard InChI is InChI=1S/C6H17N2O3Si/c1-3-9-12(10-4-2)11-5-6(7)8/h6H,3-5,7-8H2,1-2H3. The van der Waals surface area contributed by atoms with Crippen molar-refractivity contribution in [1.29, 1.82) is 0 Å². The number of hydrogen-bond donors (Lipinski definition) is 2. The summed E-state index contributed by atoms with van der Waals surface area (Å²) >= 11 is 0. The molecule has 0 unspecified atom stereocenters. The van der Waals surface area contributed by atoms with Gasteiger partial charge in [-0.2, -0.15) is 0 Å². The highest BCUT2D eigenvalue weighted by molar-refractivity contribution is 6.36. The first-order chi connectivity index (χ1) is 5.70. The van der Waals surface area contributed by atoms with Gasteiger partial charge in [0, 0.05) is 13.2 Å². The van der Waals surface area contributed by atoms with Crippen LogP contribution >= 0.6 is 0 Å². The SMILES string of the molecule is CCO[Si](OCC)OCC(N)N. The first-order valence-corrected chi connectivity index (χ1v) is 5.19. The monoisotopic (exact) mass is 193 g/mol. The maximum Gasteiger partial charge on any atom is 0.577 e. The van der Waals surface area contributed by atoms with Gasteiger partial charge in [0.2, 0.25) is 0 Å². The van der Waals surface area contributed by atoms with Crippen LogP contribution in [0.15, 0.2) is 0 Å². The molecule has 73 valence electrons. The van der Waals surface area contributed by atoms with Crippen molar-refractivity contribution in [1.82, 2.24) is 0 Å². The zero-order chi connectivity index (χ0) is 9.40. The molecule has 12 heavy (non-hydrogen) atoms. The van der Waals surface area contributed by atoms with E-state index < -0.39 is 15.7 Å². The minimum Gasteiger partial charge on any atom is -0.371 e. The Morgan fingerprint density at radius 2 is 1.58 bits per heavy atom. The summed E-state index contributed by atoms with van der Waals surface area (Å²) < 4.78 is 15.5. The van der Waals surface area contributed by atoms with Gasteiger partial charge in [-0.3, -0.25) is 0 Å². The maximum atomic E-state index is 5.29. The molecular formula is C6H17N2O3Si. The summed E-state index contributed by atoms with van der Waals surface area (Å²) in [6.07, 6.45) is -0.467. The third kappa shape index (κ3) is 6.71. The molecule has 5 nitrogen and oxygen atoms in total. The number of hydrogen-bond acceptors (Lipinski definition) is 5. The van der Waals surface area contributed by atoms with Gasteiger partial charge in [-0.15, -0.1) is 0 Å². The van der Waals surface area contributed by atoms with Crippen molar-refractivity contribution in [3.63, 3.8) is 0 Å². The Morgan fingerprint density at radius 3 is 1.92 bits per heavy atom. The van der Waals surface area contributed by atoms with Crippen molar-refractivity contribution in [2.45, 2.75) is 20.0 Å². The van der Waals surface area contributed by atoms with Crippen LogP contribution in [0, 0.1) is 0 Å². The molecule has 0 aromatic heterocycles. The maximum absolute atomic E-state index is 5.29. The summed E-state index contributed by atoms with van der Waals surface area (Å²) in [5, 5.41) is 0. The molecule has 0 aliphatic rings. The molecule has 0 aliphatic carbocycles. The van der Waals surface area contributed by atoms with Crippen LogP contribution in [0.4, 0.5) is 0 Å². The van der Waals surface area contributed by atoms with Crippen LogP contribution < -0.4 is 11.5 Å². The van der Waals surface area contributed by atoms with Crippen LogP contribution in [0.25, 0.3) is 0 Å². The second-order valence-corrected chi connectivity index (χ2v) is 3.46. The molecule has 0 fully saturated rings. The van der Waals surface area contributed by atoms with E-state index in [2.05, 4.69) is 0 Å². The normalized spacial score (nSPS) is 11.5. The Balaban J connectivity index is 3.48. The van der Waals surface area contributed by atoms with E-state index in [0.717, 1.165) is 0 Å². The van der Waals surface area contributed by atoms with E-state index in [1.165, 1.54) is 0 Å². The lowest BCUT2D eigenvalue weighted by molar-refractivity contribution is 0.0972. The van der Waals surface area contributed by atoms with E-state index in [1.807, 2.05) is 13.8 Å². The fraction of sp³-hybridized carbons (Fsp3) is 1.00. The molecule has 4 N–H and O–H groups in total. The van der Waals surface area contributed by atoms with Crippen molar-refractivity contribution in [3.8, 4) is 0 Å². The summed E-state index contributed by atoms with van der Waals surface area (Å²) in [5.41, 5.74) is 10.6. The molecular weight excluding hydrogens is 176 g/mol. The molecule has 0 saturated carbocycles. The van der Waals surface area contributed by atoms with Crippen LogP contribution in [0.2, 0.25) is 0 Å². The van der Waals surface area contributed by atoms with E-state index in [-0.39, 0.29) is 6.61 Å². The zero-order valence-corrected chi connectivity index (χ0v) is 8.58. The van der Waals surface area contributed by atoms with Crippen LogP contribution in [0.1, 0.15) is 13.8 Å². The van der Waals surface area contributed by atoms with Gasteiger partial charge in [0.1, 0.15) is 0 Å². The van der Waals surface area contributed by atoms with Crippen molar-refractivity contribution < 1.29 is 13.3 Å². The second kappa shape index (κ2) is 7.65. The van der Waals surface area contributed by atoms with E-state index in [9.17, 15) is 0 Å². The molecule has 0 rings (SSSR count). The van der Waals surface area contributed by atoms with Gasteiger partial charge in [0.15, 0.2) is 0 Å². The third-order valence-corrected chi connectivity index (χ3v) is 2.37. The summed E-state index contributed by atoms with van der Waals surface area (Å²) in [6.45, 7) is 5.20. The highest BCUT2D eigenvalue weighted by Crippen LogP contribution is 1.92. The second-order valence-electron chi connectivity index (χ2n) is 2.09. The Labute approximate surface area is 74.9 Å². The Hall–Kier alpha value is 0.0169. The van der Waals surface area contributed by atoms with Crippen LogP contribution in [-0.4, -0.2) is 35.5 Å². The Bertz CT molecular complexity index is 98.8. The zero-order valence-electron chi connectivity index (χ0n) is 7.58. The predicted molar refractivity (Wildman–Crippen MR) is 47.1 cm³/mol. The van der Waals surface area contributed by atoms with Gasteiger partial charge < -0.3 is 24.7 Å². The first-order valence-electron chi connectivity index (χ1n) is 3.97. The third-order valence-electron chi connectivity index (χ3n) is 0.918. The van der Waals surface area contributed by atoms with E-state index in [1.54, 1.807) is 0 Å². The molecule has 0 saturated heterocycles. The van der Waals surface area contributed by atoms with E-state index >= 15 is 0 Å². The molecule has 0 aromatic rings. The van der Waals surface area contributed by atoms with Crippen LogP contribution in [0.5, 0.6) is 0 Å². The Morgan fingerprint density at radius 1 is 1.08 bits per heavy atom. The van der Waals surface area contributed by atoms with Crippen molar-refractivity contribution >= 4 is 9.53 Å². The smallest absolute Gasteiger partial charge is 0.371 e. The molecule has 0 heterocycles. The largest absolute Gasteiger partial charge is 0.577 e. The molecule has 0 aromatic carbocycles. The molecule has 6 heteroatoms. The highest BCUT2D eigenvalue weighted by atomic mass is 28.3. The highest BCUT2D eigenvalue weighted by Gasteiger charge is 2.17. The van der Waals surface area contributed by atoms with Crippen molar-refractivity contribution in [2.24, 2.45) is 11.5 Å². The van der Waals surface area contributed by atoms with Gasteiger partial charge in [-0.25, -0.2) is 0 Å². The minimum atomic E-state index is -1.60. The lowest BCUT2D eigenvalue weighted by Crippen LogP contribution is -2.39. The van der Waals surface area contributed by atoms with Gasteiger partial charge in [-0.05, 0) is 13.8 Å². The predicted octanol–water partition coefficient (Wildman–Crippen LogP) is -0.696. The minimum absolute atomic E-state index is 0.272. The molecule has 0 atom stereocenters. The molecule has 0 spiro atoms. The lowest BCUT2D eigenvalue weighted by Gasteiger charge is -2.13. The summed E-state index contributed by atoms with van der Waals surface area (Å²) in [7, 11) is -1.60. The fourth-order valence-corrected chi connectivity index (χ4v) is 1.57. The summed E-state index contributed by atoms with van der Waals surface area (Å²) in [6, 6.07) is 0. The first kappa shape index (κ1) is 12.0. The van der Waals surface area contributed by atoms with Gasteiger partial charge in [0.05, 0.1) is 12.8 Å². The van der Waals surface area contributed by atoms with Gasteiger partial charge in [-0.1, -0.05) is 0 Å². The molecule has 1 radical (unpaired) electrons. The van der Waals surface area contributed by atoms with E-state index in [4.69, 9.17) is 24.7 Å². The molecule has 0 bridgehead atoms. The van der Waals surface area contributed by atoms with Crippen LogP contribution in [-0.2, 0) is 13.3 Å². The van der Waals surface area contributed by atoms with E-state index in [0.29, 0.717) is 13.2 Å².